The van der Waals surface area contributed by atoms with Crippen LogP contribution >= 0.6 is 0 Å². The monoisotopic (exact) mass is 154 g/mol. The van der Waals surface area contributed by atoms with Crippen LogP contribution in [-0.4, -0.2) is 25.5 Å². The van der Waals surface area contributed by atoms with Crippen molar-refractivity contribution in [3.05, 3.63) is 0 Å². The first-order valence-corrected chi connectivity index (χ1v) is 4.36. The topological polar surface area (TPSA) is 41.1 Å². The van der Waals surface area contributed by atoms with Crippen LogP contribution in [0.2, 0.25) is 0 Å². The number of nitrogens with one attached hydrogen (secondary N) is 2. The molecule has 2 saturated heterocycles. The minimum absolute atomic E-state index is 0.262. The van der Waals surface area contributed by atoms with Crippen LogP contribution in [0.1, 0.15) is 12.8 Å². The van der Waals surface area contributed by atoms with Gasteiger partial charge in [-0.3, -0.25) is 4.79 Å². The third kappa shape index (κ3) is 1.25. The molecule has 0 bridgehead atoms. The number of carbonyl (C=O) groups is 1. The van der Waals surface area contributed by atoms with Gasteiger partial charge in [0.15, 0.2) is 0 Å². The number of fused-ring (bicyclic) bond motifs is 1. The number of rotatable bonds is 0. The van der Waals surface area contributed by atoms with E-state index in [4.69, 9.17) is 0 Å². The van der Waals surface area contributed by atoms with E-state index in [0.29, 0.717) is 5.92 Å². The lowest BCUT2D eigenvalue weighted by Gasteiger charge is -2.11. The molecule has 0 aromatic carbocycles. The van der Waals surface area contributed by atoms with Crippen LogP contribution in [-0.2, 0) is 4.79 Å². The van der Waals surface area contributed by atoms with Crippen LogP contribution in [0, 0.1) is 11.8 Å². The Labute approximate surface area is 66.5 Å². The van der Waals surface area contributed by atoms with Gasteiger partial charge in [0.25, 0.3) is 0 Å². The zero-order valence-electron chi connectivity index (χ0n) is 6.60. The Balaban J connectivity index is 2.09. The van der Waals surface area contributed by atoms with Gasteiger partial charge < -0.3 is 10.6 Å². The Morgan fingerprint density at radius 2 is 2.27 bits per heavy atom. The highest BCUT2D eigenvalue weighted by Crippen LogP contribution is 2.23. The van der Waals surface area contributed by atoms with E-state index >= 15 is 0 Å². The van der Waals surface area contributed by atoms with Crippen molar-refractivity contribution in [2.45, 2.75) is 12.8 Å². The van der Waals surface area contributed by atoms with Crippen molar-refractivity contribution >= 4 is 5.91 Å². The van der Waals surface area contributed by atoms with Gasteiger partial charge in [0.1, 0.15) is 0 Å². The molecule has 0 aliphatic carbocycles. The van der Waals surface area contributed by atoms with Crippen molar-refractivity contribution in [1.29, 1.82) is 0 Å². The first kappa shape index (κ1) is 7.10. The Morgan fingerprint density at radius 3 is 3.18 bits per heavy atom. The smallest absolute Gasteiger partial charge is 0.224 e. The summed E-state index contributed by atoms with van der Waals surface area (Å²) in [6.07, 6.45) is 2.35. The van der Waals surface area contributed by atoms with Crippen molar-refractivity contribution < 1.29 is 4.79 Å². The van der Waals surface area contributed by atoms with E-state index in [1.54, 1.807) is 0 Å². The number of carbonyl (C=O) groups excluding carboxylic acids is 1. The van der Waals surface area contributed by atoms with Gasteiger partial charge in [-0.25, -0.2) is 0 Å². The molecule has 0 aromatic rings. The average Bonchev–Trinajstić information content (AvgIpc) is 2.40. The van der Waals surface area contributed by atoms with Crippen molar-refractivity contribution in [1.82, 2.24) is 10.6 Å². The average molecular weight is 154 g/mol. The molecule has 1 amide bonds. The Bertz CT molecular complexity index is 169. The fraction of sp³-hybridized carbons (Fsp3) is 0.875. The highest BCUT2D eigenvalue weighted by Gasteiger charge is 2.33. The van der Waals surface area contributed by atoms with Crippen LogP contribution in [0.15, 0.2) is 0 Å². The van der Waals surface area contributed by atoms with Crippen molar-refractivity contribution in [2.24, 2.45) is 11.8 Å². The maximum absolute atomic E-state index is 11.3. The summed E-state index contributed by atoms with van der Waals surface area (Å²) in [6.45, 7) is 2.81. The zero-order valence-corrected chi connectivity index (χ0v) is 6.60. The van der Waals surface area contributed by atoms with Crippen LogP contribution in [0.25, 0.3) is 0 Å². The molecule has 62 valence electrons. The summed E-state index contributed by atoms with van der Waals surface area (Å²) in [4.78, 5) is 11.3. The Hall–Kier alpha value is -0.570. The standard InChI is InChI=1S/C8H14N2O/c11-8-7-5-9-4-6(7)2-1-3-10-8/h6-7,9H,1-5H2,(H,10,11)/t6-,7+/m0/s1. The fourth-order valence-electron chi connectivity index (χ4n) is 2.05. The molecule has 0 unspecified atom stereocenters. The van der Waals surface area contributed by atoms with Crippen molar-refractivity contribution in [3.63, 3.8) is 0 Å². The van der Waals surface area contributed by atoms with Gasteiger partial charge in [-0.1, -0.05) is 0 Å². The van der Waals surface area contributed by atoms with Gasteiger partial charge in [0.05, 0.1) is 5.92 Å². The number of hydrogen-bond acceptors (Lipinski definition) is 2. The molecule has 11 heavy (non-hydrogen) atoms. The first-order valence-electron chi connectivity index (χ1n) is 4.36. The normalized spacial score (nSPS) is 37.6. The minimum Gasteiger partial charge on any atom is -0.356 e. The van der Waals surface area contributed by atoms with E-state index in [0.717, 1.165) is 26.1 Å². The molecule has 3 nitrogen and oxygen atoms in total. The summed E-state index contributed by atoms with van der Waals surface area (Å²) in [5.41, 5.74) is 0. The predicted octanol–water partition coefficient (Wildman–Crippen LogP) is -0.268. The van der Waals surface area contributed by atoms with E-state index in [2.05, 4.69) is 10.6 Å². The van der Waals surface area contributed by atoms with Gasteiger partial charge in [0.2, 0.25) is 5.91 Å². The Kier molecular flexibility index (Phi) is 1.82. The van der Waals surface area contributed by atoms with Gasteiger partial charge >= 0.3 is 0 Å². The summed E-state index contributed by atoms with van der Waals surface area (Å²) in [5.74, 6) is 1.13. The van der Waals surface area contributed by atoms with E-state index in [9.17, 15) is 4.79 Å². The van der Waals surface area contributed by atoms with Gasteiger partial charge in [-0.2, -0.15) is 0 Å². The summed E-state index contributed by atoms with van der Waals surface area (Å²) in [5, 5.41) is 6.20. The SMILES string of the molecule is O=C1NCCC[C@H]2CNC[C@@H]12. The van der Waals surface area contributed by atoms with Crippen molar-refractivity contribution in [2.75, 3.05) is 19.6 Å². The molecule has 2 aliphatic rings. The van der Waals surface area contributed by atoms with Crippen LogP contribution in [0.5, 0.6) is 0 Å². The second-order valence-electron chi connectivity index (χ2n) is 3.46. The number of amides is 1. The molecule has 2 N–H and O–H groups in total. The molecule has 2 atom stereocenters. The molecule has 0 spiro atoms. The van der Waals surface area contributed by atoms with Crippen molar-refractivity contribution in [3.8, 4) is 0 Å². The summed E-state index contributed by atoms with van der Waals surface area (Å²) >= 11 is 0. The third-order valence-electron chi connectivity index (χ3n) is 2.73. The second-order valence-corrected chi connectivity index (χ2v) is 3.46. The van der Waals surface area contributed by atoms with Gasteiger partial charge in [-0.05, 0) is 25.3 Å². The molecule has 2 heterocycles. The minimum atomic E-state index is 0.262. The van der Waals surface area contributed by atoms with E-state index in [1.165, 1.54) is 6.42 Å². The maximum atomic E-state index is 11.3. The highest BCUT2D eigenvalue weighted by atomic mass is 16.1. The first-order chi connectivity index (χ1) is 5.38. The number of hydrogen-bond donors (Lipinski definition) is 2. The molecule has 3 heteroatoms. The molecule has 2 fully saturated rings. The molecular weight excluding hydrogens is 140 g/mol. The highest BCUT2D eigenvalue weighted by molar-refractivity contribution is 5.79. The lowest BCUT2D eigenvalue weighted by molar-refractivity contribution is -0.124. The zero-order chi connectivity index (χ0) is 7.68. The summed E-state index contributed by atoms with van der Waals surface area (Å²) < 4.78 is 0. The van der Waals surface area contributed by atoms with Crippen LogP contribution < -0.4 is 10.6 Å². The molecule has 0 saturated carbocycles. The maximum Gasteiger partial charge on any atom is 0.224 e. The Morgan fingerprint density at radius 1 is 1.36 bits per heavy atom. The lowest BCUT2D eigenvalue weighted by Crippen LogP contribution is -2.32. The molecule has 2 rings (SSSR count). The summed E-state index contributed by atoms with van der Waals surface area (Å²) in [6, 6.07) is 0. The molecule has 2 aliphatic heterocycles. The summed E-state index contributed by atoms with van der Waals surface area (Å²) in [7, 11) is 0. The van der Waals surface area contributed by atoms with Gasteiger partial charge in [0, 0.05) is 13.1 Å². The lowest BCUT2D eigenvalue weighted by atomic mass is 9.93. The quantitative estimate of drug-likeness (QED) is 0.504. The fourth-order valence-corrected chi connectivity index (χ4v) is 2.05. The molecular formula is C8H14N2O. The second kappa shape index (κ2) is 2.81. The van der Waals surface area contributed by atoms with E-state index in [1.807, 2.05) is 0 Å². The predicted molar refractivity (Wildman–Crippen MR) is 42.1 cm³/mol. The largest absolute Gasteiger partial charge is 0.356 e. The van der Waals surface area contributed by atoms with Crippen LogP contribution in [0.3, 0.4) is 0 Å². The van der Waals surface area contributed by atoms with Gasteiger partial charge in [-0.15, -0.1) is 0 Å². The van der Waals surface area contributed by atoms with Crippen LogP contribution in [0.4, 0.5) is 0 Å². The van der Waals surface area contributed by atoms with E-state index < -0.39 is 0 Å². The molecule has 0 radical (unpaired) electrons. The van der Waals surface area contributed by atoms with E-state index in [-0.39, 0.29) is 11.8 Å². The third-order valence-corrected chi connectivity index (χ3v) is 2.73. The molecule has 0 aromatic heterocycles.